The molecule has 0 heterocycles. The number of carbonyl (C=O) groups is 1. The summed E-state index contributed by atoms with van der Waals surface area (Å²) in [4.78, 5) is 13.6. The summed E-state index contributed by atoms with van der Waals surface area (Å²) in [5.74, 6) is 2.09. The van der Waals surface area contributed by atoms with Crippen molar-refractivity contribution in [3.63, 3.8) is 0 Å². The predicted octanol–water partition coefficient (Wildman–Crippen LogP) is 7.12. The maximum atomic E-state index is 13.6. The molecule has 2 heteroatoms. The number of carbonyl (C=O) groups excluding carboxylic acids is 1. The Bertz CT molecular complexity index is 448. The maximum Gasteiger partial charge on any atom is 0.312 e. The lowest BCUT2D eigenvalue weighted by molar-refractivity contribution is -0.182. The number of rotatable bonds is 5. The van der Waals surface area contributed by atoms with Crippen molar-refractivity contribution in [3.05, 3.63) is 0 Å². The Morgan fingerprint density at radius 2 is 1.31 bits per heavy atom. The fraction of sp³-hybridized carbons (Fsp3) is 0.958. The zero-order valence-electron chi connectivity index (χ0n) is 19.5. The Hall–Kier alpha value is -0.530. The van der Waals surface area contributed by atoms with Gasteiger partial charge in [0.2, 0.25) is 0 Å². The number of hydrogen-bond donors (Lipinski definition) is 0. The van der Waals surface area contributed by atoms with Gasteiger partial charge in [0.05, 0.1) is 5.41 Å². The van der Waals surface area contributed by atoms with E-state index < -0.39 is 5.41 Å². The first kappa shape index (κ1) is 23.5. The molecule has 0 spiro atoms. The lowest BCUT2D eigenvalue weighted by Crippen LogP contribution is -2.49. The van der Waals surface area contributed by atoms with E-state index in [0.717, 1.165) is 6.42 Å². The molecular formula is C24H46O2. The van der Waals surface area contributed by atoms with E-state index in [1.54, 1.807) is 0 Å². The first-order valence-electron chi connectivity index (χ1n) is 10.8. The molecule has 0 aromatic rings. The smallest absolute Gasteiger partial charge is 0.312 e. The highest BCUT2D eigenvalue weighted by molar-refractivity contribution is 5.77. The molecular weight excluding hydrogens is 320 g/mol. The van der Waals surface area contributed by atoms with Gasteiger partial charge < -0.3 is 4.74 Å². The van der Waals surface area contributed by atoms with Gasteiger partial charge in [-0.3, -0.25) is 4.79 Å². The van der Waals surface area contributed by atoms with Crippen molar-refractivity contribution in [2.24, 2.45) is 39.9 Å². The van der Waals surface area contributed by atoms with Crippen molar-refractivity contribution >= 4 is 5.97 Å². The van der Waals surface area contributed by atoms with Gasteiger partial charge in [0.1, 0.15) is 6.10 Å². The summed E-state index contributed by atoms with van der Waals surface area (Å²) in [5.41, 5.74) is -0.527. The quantitative estimate of drug-likeness (QED) is 0.484. The molecule has 1 saturated carbocycles. The van der Waals surface area contributed by atoms with Crippen LogP contribution in [0, 0.1) is 39.9 Å². The van der Waals surface area contributed by atoms with Crippen LogP contribution in [0.25, 0.3) is 0 Å². The Morgan fingerprint density at radius 3 is 1.62 bits per heavy atom. The van der Waals surface area contributed by atoms with Gasteiger partial charge in [-0.2, -0.15) is 0 Å². The molecule has 1 aliphatic rings. The molecule has 0 bridgehead atoms. The molecule has 0 saturated heterocycles. The van der Waals surface area contributed by atoms with Crippen LogP contribution in [-0.4, -0.2) is 12.1 Å². The second-order valence-corrected chi connectivity index (χ2v) is 11.9. The largest absolute Gasteiger partial charge is 0.461 e. The van der Waals surface area contributed by atoms with E-state index in [9.17, 15) is 4.79 Å². The molecule has 0 N–H and O–H groups in total. The second kappa shape index (κ2) is 8.23. The van der Waals surface area contributed by atoms with E-state index in [1.165, 1.54) is 19.3 Å². The summed E-state index contributed by atoms with van der Waals surface area (Å²) < 4.78 is 6.44. The van der Waals surface area contributed by atoms with Crippen molar-refractivity contribution in [2.75, 3.05) is 0 Å². The van der Waals surface area contributed by atoms with Crippen molar-refractivity contribution in [3.8, 4) is 0 Å². The fourth-order valence-corrected chi connectivity index (χ4v) is 4.79. The molecule has 2 nitrogen and oxygen atoms in total. The summed E-state index contributed by atoms with van der Waals surface area (Å²) in [6, 6.07) is 0. The van der Waals surface area contributed by atoms with Crippen LogP contribution in [0.15, 0.2) is 0 Å². The van der Waals surface area contributed by atoms with E-state index in [0.29, 0.717) is 23.7 Å². The minimum absolute atomic E-state index is 0.0168. The molecule has 0 aliphatic heterocycles. The van der Waals surface area contributed by atoms with E-state index >= 15 is 0 Å². The maximum absolute atomic E-state index is 13.6. The van der Waals surface area contributed by atoms with Crippen LogP contribution >= 0.6 is 0 Å². The van der Waals surface area contributed by atoms with Crippen LogP contribution in [-0.2, 0) is 9.53 Å². The lowest BCUT2D eigenvalue weighted by Gasteiger charge is -2.47. The van der Waals surface area contributed by atoms with Gasteiger partial charge >= 0.3 is 5.97 Å². The highest BCUT2D eigenvalue weighted by Crippen LogP contribution is 2.49. The molecule has 0 aromatic carbocycles. The van der Waals surface area contributed by atoms with Gasteiger partial charge in [-0.25, -0.2) is 0 Å². The van der Waals surface area contributed by atoms with Crippen LogP contribution in [0.2, 0.25) is 0 Å². The van der Waals surface area contributed by atoms with Gasteiger partial charge in [-0.1, -0.05) is 75.7 Å². The Labute approximate surface area is 163 Å². The third-order valence-corrected chi connectivity index (χ3v) is 6.86. The Kier molecular flexibility index (Phi) is 7.44. The van der Waals surface area contributed by atoms with Gasteiger partial charge in [0, 0.05) is 0 Å². The van der Waals surface area contributed by atoms with Gasteiger partial charge in [0.25, 0.3) is 0 Å². The molecule has 0 aromatic heterocycles. The average molecular weight is 367 g/mol. The zero-order valence-corrected chi connectivity index (χ0v) is 19.5. The SMILES string of the molecule is CC(C)C1CCCC(C(C)C)C1OC(=O)C(C)(CC(C)(C)C)C(C)(C)C. The van der Waals surface area contributed by atoms with Gasteiger partial charge in [-0.15, -0.1) is 0 Å². The summed E-state index contributed by atoms with van der Waals surface area (Å²) >= 11 is 0. The van der Waals surface area contributed by atoms with E-state index in [2.05, 4.69) is 76.2 Å². The van der Waals surface area contributed by atoms with Crippen molar-refractivity contribution in [1.82, 2.24) is 0 Å². The molecule has 154 valence electrons. The minimum atomic E-state index is -0.480. The van der Waals surface area contributed by atoms with Crippen LogP contribution in [0.1, 0.15) is 102 Å². The zero-order chi connectivity index (χ0) is 20.5. The molecule has 0 amide bonds. The third kappa shape index (κ3) is 5.49. The van der Waals surface area contributed by atoms with Crippen LogP contribution in [0.3, 0.4) is 0 Å². The predicted molar refractivity (Wildman–Crippen MR) is 112 cm³/mol. The fourth-order valence-electron chi connectivity index (χ4n) is 4.79. The van der Waals surface area contributed by atoms with Crippen molar-refractivity contribution in [2.45, 2.75) is 108 Å². The monoisotopic (exact) mass is 366 g/mol. The van der Waals surface area contributed by atoms with Crippen LogP contribution in [0.4, 0.5) is 0 Å². The molecule has 3 unspecified atom stereocenters. The highest BCUT2D eigenvalue weighted by Gasteiger charge is 2.50. The number of esters is 1. The third-order valence-electron chi connectivity index (χ3n) is 6.86. The molecule has 26 heavy (non-hydrogen) atoms. The van der Waals surface area contributed by atoms with Gasteiger partial charge in [0.15, 0.2) is 0 Å². The van der Waals surface area contributed by atoms with Crippen molar-refractivity contribution < 1.29 is 9.53 Å². The average Bonchev–Trinajstić information content (AvgIpc) is 2.43. The summed E-state index contributed by atoms with van der Waals surface area (Å²) in [5, 5.41) is 0. The minimum Gasteiger partial charge on any atom is -0.461 e. The highest BCUT2D eigenvalue weighted by atomic mass is 16.5. The first-order chi connectivity index (χ1) is 11.6. The molecule has 1 fully saturated rings. The Morgan fingerprint density at radius 1 is 0.885 bits per heavy atom. The molecule has 1 rings (SSSR count). The second-order valence-electron chi connectivity index (χ2n) is 11.9. The lowest BCUT2D eigenvalue weighted by atomic mass is 9.61. The number of hydrogen-bond acceptors (Lipinski definition) is 2. The van der Waals surface area contributed by atoms with Crippen molar-refractivity contribution in [1.29, 1.82) is 0 Å². The van der Waals surface area contributed by atoms with Gasteiger partial charge in [-0.05, 0) is 60.7 Å². The summed E-state index contributed by atoms with van der Waals surface area (Å²) in [7, 11) is 0. The molecule has 3 atom stereocenters. The van der Waals surface area contributed by atoms with Crippen LogP contribution < -0.4 is 0 Å². The normalized spacial score (nSPS) is 27.5. The van der Waals surface area contributed by atoms with Crippen LogP contribution in [0.5, 0.6) is 0 Å². The number of ether oxygens (including phenoxy) is 1. The molecule has 1 aliphatic carbocycles. The topological polar surface area (TPSA) is 26.3 Å². The summed E-state index contributed by atoms with van der Waals surface area (Å²) in [6.45, 7) is 24.5. The molecule has 0 radical (unpaired) electrons. The van der Waals surface area contributed by atoms with E-state index in [1.807, 2.05) is 0 Å². The van der Waals surface area contributed by atoms with E-state index in [4.69, 9.17) is 4.74 Å². The Balaban J connectivity index is 3.18. The first-order valence-corrected chi connectivity index (χ1v) is 10.8. The standard InChI is InChI=1S/C24H46O2/c1-16(2)18-13-12-14-19(17(3)4)20(18)26-21(25)24(11,23(8,9)10)15-22(5,6)7/h16-20H,12-15H2,1-11H3. The summed E-state index contributed by atoms with van der Waals surface area (Å²) in [6.07, 6.45) is 4.54. The van der Waals surface area contributed by atoms with E-state index in [-0.39, 0.29) is 22.9 Å².